The van der Waals surface area contributed by atoms with Crippen LogP contribution in [0.25, 0.3) is 0 Å². The Morgan fingerprint density at radius 2 is 2.27 bits per heavy atom. The van der Waals surface area contributed by atoms with Gasteiger partial charge in [-0.2, -0.15) is 0 Å². The summed E-state index contributed by atoms with van der Waals surface area (Å²) < 4.78 is 0. The lowest BCUT2D eigenvalue weighted by atomic mass is 10.3. The summed E-state index contributed by atoms with van der Waals surface area (Å²) in [4.78, 5) is 23.5. The number of amides is 2. The Bertz CT molecular complexity index is 257. The Hall–Kier alpha value is -1.32. The Morgan fingerprint density at radius 3 is 3.09 bits per heavy atom. The van der Waals surface area contributed by atoms with Crippen LogP contribution in [-0.4, -0.2) is 23.3 Å². The number of hydrogen-bond donors (Lipinski definition) is 1. The molecular formula is C7H8N2O2. The fraction of sp³-hybridized carbons (Fsp3) is 0.429. The minimum absolute atomic E-state index is 0.00204. The van der Waals surface area contributed by atoms with Crippen LogP contribution in [0.15, 0.2) is 11.9 Å². The normalized spacial score (nSPS) is 22.9. The average molecular weight is 152 g/mol. The van der Waals surface area contributed by atoms with Crippen molar-refractivity contribution in [3.8, 4) is 0 Å². The molecule has 2 heterocycles. The fourth-order valence-electron chi connectivity index (χ4n) is 1.32. The third-order valence-electron chi connectivity index (χ3n) is 1.89. The van der Waals surface area contributed by atoms with E-state index < -0.39 is 0 Å². The summed E-state index contributed by atoms with van der Waals surface area (Å²) in [7, 11) is 0. The van der Waals surface area contributed by atoms with Crippen LogP contribution < -0.4 is 5.32 Å². The summed E-state index contributed by atoms with van der Waals surface area (Å²) in [5, 5.41) is 2.64. The second-order valence-electron chi connectivity index (χ2n) is 2.64. The number of carbonyl (C=O) groups is 2. The summed E-state index contributed by atoms with van der Waals surface area (Å²) in [5.41, 5.74) is 0. The van der Waals surface area contributed by atoms with E-state index >= 15 is 0 Å². The van der Waals surface area contributed by atoms with Crippen molar-refractivity contribution in [1.29, 1.82) is 0 Å². The highest BCUT2D eigenvalue weighted by molar-refractivity contribution is 5.88. The third-order valence-corrected chi connectivity index (χ3v) is 1.89. The van der Waals surface area contributed by atoms with Gasteiger partial charge in [0.1, 0.15) is 5.82 Å². The van der Waals surface area contributed by atoms with Crippen LogP contribution in [0.2, 0.25) is 0 Å². The van der Waals surface area contributed by atoms with Crippen LogP contribution in [0, 0.1) is 0 Å². The van der Waals surface area contributed by atoms with Gasteiger partial charge in [-0.05, 0) is 6.08 Å². The maximum atomic E-state index is 11.0. The quantitative estimate of drug-likeness (QED) is 0.512. The van der Waals surface area contributed by atoms with Gasteiger partial charge in [0.2, 0.25) is 11.8 Å². The van der Waals surface area contributed by atoms with Crippen LogP contribution in [0.1, 0.15) is 12.8 Å². The van der Waals surface area contributed by atoms with E-state index in [-0.39, 0.29) is 11.8 Å². The van der Waals surface area contributed by atoms with Crippen molar-refractivity contribution in [2.75, 3.05) is 6.54 Å². The molecule has 4 nitrogen and oxygen atoms in total. The van der Waals surface area contributed by atoms with Crippen molar-refractivity contribution in [3.05, 3.63) is 11.9 Å². The number of rotatable bonds is 0. The van der Waals surface area contributed by atoms with Gasteiger partial charge in [-0.25, -0.2) is 0 Å². The Kier molecular flexibility index (Phi) is 1.21. The molecular weight excluding hydrogens is 144 g/mol. The van der Waals surface area contributed by atoms with Crippen LogP contribution in [-0.2, 0) is 9.59 Å². The molecule has 0 aromatic heterocycles. The van der Waals surface area contributed by atoms with Crippen molar-refractivity contribution in [2.45, 2.75) is 12.8 Å². The smallest absolute Gasteiger partial charge is 0.232 e. The van der Waals surface area contributed by atoms with Gasteiger partial charge in [-0.1, -0.05) is 0 Å². The number of hydrogen-bond acceptors (Lipinski definition) is 2. The van der Waals surface area contributed by atoms with E-state index in [1.807, 2.05) is 0 Å². The van der Waals surface area contributed by atoms with Gasteiger partial charge >= 0.3 is 0 Å². The Morgan fingerprint density at radius 1 is 1.45 bits per heavy atom. The van der Waals surface area contributed by atoms with Gasteiger partial charge in [0.25, 0.3) is 0 Å². The fourth-order valence-corrected chi connectivity index (χ4v) is 1.32. The van der Waals surface area contributed by atoms with E-state index in [1.165, 1.54) is 0 Å². The molecule has 2 aliphatic heterocycles. The number of nitrogens with zero attached hydrogens (tertiary/aromatic N) is 1. The summed E-state index contributed by atoms with van der Waals surface area (Å²) in [6.07, 6.45) is 2.60. The highest BCUT2D eigenvalue weighted by Crippen LogP contribution is 2.17. The van der Waals surface area contributed by atoms with Crippen molar-refractivity contribution in [1.82, 2.24) is 10.2 Å². The lowest BCUT2D eigenvalue weighted by Crippen LogP contribution is -2.42. The molecule has 0 aromatic rings. The van der Waals surface area contributed by atoms with E-state index in [0.717, 1.165) is 0 Å². The van der Waals surface area contributed by atoms with Crippen molar-refractivity contribution in [3.63, 3.8) is 0 Å². The molecule has 0 aromatic carbocycles. The number of carbonyl (C=O) groups excluding carboxylic acids is 2. The lowest BCUT2D eigenvalue weighted by Gasteiger charge is -2.25. The first-order valence-corrected chi connectivity index (χ1v) is 3.58. The molecule has 1 fully saturated rings. The SMILES string of the molecule is O=C1CCN2C(=O)CC=C2N1. The van der Waals surface area contributed by atoms with Crippen LogP contribution in [0.3, 0.4) is 0 Å². The predicted molar refractivity (Wildman–Crippen MR) is 37.2 cm³/mol. The highest BCUT2D eigenvalue weighted by Gasteiger charge is 2.28. The van der Waals surface area contributed by atoms with E-state index in [9.17, 15) is 9.59 Å². The summed E-state index contributed by atoms with van der Waals surface area (Å²) >= 11 is 0. The first-order chi connectivity index (χ1) is 5.27. The molecule has 2 aliphatic rings. The van der Waals surface area contributed by atoms with Crippen LogP contribution in [0.4, 0.5) is 0 Å². The van der Waals surface area contributed by atoms with Gasteiger partial charge in [-0.3, -0.25) is 14.5 Å². The van der Waals surface area contributed by atoms with Crippen molar-refractivity contribution < 1.29 is 9.59 Å². The van der Waals surface area contributed by atoms with Crippen molar-refractivity contribution in [2.24, 2.45) is 0 Å². The summed E-state index contributed by atoms with van der Waals surface area (Å²) in [5.74, 6) is 0.758. The average Bonchev–Trinajstić information content (AvgIpc) is 2.32. The minimum Gasteiger partial charge on any atom is -0.312 e. The zero-order valence-corrected chi connectivity index (χ0v) is 5.96. The molecule has 0 bridgehead atoms. The van der Waals surface area contributed by atoms with Crippen LogP contribution in [0.5, 0.6) is 0 Å². The molecule has 0 radical (unpaired) electrons. The molecule has 0 saturated carbocycles. The zero-order valence-electron chi connectivity index (χ0n) is 5.96. The first-order valence-electron chi connectivity index (χ1n) is 3.58. The van der Waals surface area contributed by atoms with Gasteiger partial charge in [0.05, 0.1) is 0 Å². The lowest BCUT2D eigenvalue weighted by molar-refractivity contribution is -0.130. The second kappa shape index (κ2) is 2.08. The highest BCUT2D eigenvalue weighted by atomic mass is 16.2. The summed E-state index contributed by atoms with van der Waals surface area (Å²) in [6.45, 7) is 0.538. The van der Waals surface area contributed by atoms with E-state index in [0.29, 0.717) is 25.2 Å². The molecule has 58 valence electrons. The van der Waals surface area contributed by atoms with E-state index in [1.54, 1.807) is 11.0 Å². The molecule has 0 unspecified atom stereocenters. The predicted octanol–water partition coefficient (Wildman–Crippen LogP) is -0.420. The summed E-state index contributed by atoms with van der Waals surface area (Å²) in [6, 6.07) is 0. The maximum absolute atomic E-state index is 11.0. The first kappa shape index (κ1) is 6.39. The largest absolute Gasteiger partial charge is 0.312 e. The van der Waals surface area contributed by atoms with Crippen LogP contribution >= 0.6 is 0 Å². The zero-order chi connectivity index (χ0) is 7.84. The second-order valence-corrected chi connectivity index (χ2v) is 2.64. The molecule has 1 saturated heterocycles. The third kappa shape index (κ3) is 0.906. The van der Waals surface area contributed by atoms with Crippen molar-refractivity contribution >= 4 is 11.8 Å². The molecule has 2 amide bonds. The standard InChI is InChI=1S/C7H8N2O2/c10-6-3-4-9-5(8-6)1-2-7(9)11/h1H,2-4H2,(H,8,10). The number of nitrogens with one attached hydrogen (secondary N) is 1. The number of fused-ring (bicyclic) bond motifs is 1. The Balaban J connectivity index is 2.21. The van der Waals surface area contributed by atoms with Gasteiger partial charge in [0.15, 0.2) is 0 Å². The van der Waals surface area contributed by atoms with E-state index in [4.69, 9.17) is 0 Å². The molecule has 0 spiro atoms. The molecule has 1 N–H and O–H groups in total. The van der Waals surface area contributed by atoms with E-state index in [2.05, 4.69) is 5.32 Å². The molecule has 0 aliphatic carbocycles. The molecule has 0 atom stereocenters. The topological polar surface area (TPSA) is 49.4 Å². The monoisotopic (exact) mass is 152 g/mol. The molecule has 4 heteroatoms. The van der Waals surface area contributed by atoms with Gasteiger partial charge in [-0.15, -0.1) is 0 Å². The van der Waals surface area contributed by atoms with Gasteiger partial charge in [0, 0.05) is 19.4 Å². The molecule has 2 rings (SSSR count). The van der Waals surface area contributed by atoms with Gasteiger partial charge < -0.3 is 5.32 Å². The Labute approximate surface area is 63.9 Å². The molecule has 11 heavy (non-hydrogen) atoms. The maximum Gasteiger partial charge on any atom is 0.232 e. The minimum atomic E-state index is 0.00204.